The molecule has 0 spiro atoms. The maximum absolute atomic E-state index is 12.5. The van der Waals surface area contributed by atoms with Crippen LogP contribution in [-0.4, -0.2) is 33.0 Å². The SMILES string of the molecule is CCCc1ccc(NC(=O)c2cc(S(=O)(=O)N(C)OC)ccc2Cl)cc1. The quantitative estimate of drug-likeness (QED) is 0.723. The lowest BCUT2D eigenvalue weighted by Gasteiger charge is -2.15. The lowest BCUT2D eigenvalue weighted by atomic mass is 10.1. The van der Waals surface area contributed by atoms with Gasteiger partial charge in [0.25, 0.3) is 15.9 Å². The molecule has 1 amide bonds. The van der Waals surface area contributed by atoms with Crippen molar-refractivity contribution in [2.75, 3.05) is 19.5 Å². The van der Waals surface area contributed by atoms with Crippen LogP contribution in [0.5, 0.6) is 0 Å². The van der Waals surface area contributed by atoms with Gasteiger partial charge in [-0.25, -0.2) is 8.42 Å². The Labute approximate surface area is 158 Å². The minimum atomic E-state index is -3.87. The molecule has 0 bridgehead atoms. The van der Waals surface area contributed by atoms with Crippen molar-refractivity contribution in [2.45, 2.75) is 24.7 Å². The van der Waals surface area contributed by atoms with E-state index in [0.717, 1.165) is 12.8 Å². The number of carbonyl (C=O) groups is 1. The van der Waals surface area contributed by atoms with Crippen molar-refractivity contribution in [1.82, 2.24) is 4.47 Å². The second kappa shape index (κ2) is 8.64. The minimum absolute atomic E-state index is 0.0647. The number of hydrogen-bond acceptors (Lipinski definition) is 4. The summed E-state index contributed by atoms with van der Waals surface area (Å²) in [5, 5.41) is 2.88. The number of anilines is 1. The van der Waals surface area contributed by atoms with Gasteiger partial charge in [0.05, 0.1) is 22.6 Å². The molecule has 0 aliphatic carbocycles. The zero-order valence-corrected chi connectivity index (χ0v) is 16.4. The Morgan fingerprint density at radius 3 is 2.42 bits per heavy atom. The summed E-state index contributed by atoms with van der Waals surface area (Å²) < 4.78 is 25.4. The molecule has 1 N–H and O–H groups in total. The third-order valence-electron chi connectivity index (χ3n) is 3.83. The lowest BCUT2D eigenvalue weighted by Crippen LogP contribution is -2.26. The molecule has 0 aliphatic heterocycles. The number of amides is 1. The normalized spacial score (nSPS) is 11.6. The fraction of sp³-hybridized carbons (Fsp3) is 0.278. The Kier molecular flexibility index (Phi) is 6.77. The number of halogens is 1. The highest BCUT2D eigenvalue weighted by atomic mass is 35.5. The zero-order valence-electron chi connectivity index (χ0n) is 14.8. The van der Waals surface area contributed by atoms with Crippen LogP contribution < -0.4 is 5.32 Å². The first kappa shape index (κ1) is 20.4. The van der Waals surface area contributed by atoms with Gasteiger partial charge >= 0.3 is 0 Å². The predicted molar refractivity (Wildman–Crippen MR) is 102 cm³/mol. The van der Waals surface area contributed by atoms with E-state index in [2.05, 4.69) is 12.2 Å². The van der Waals surface area contributed by atoms with Crippen molar-refractivity contribution in [2.24, 2.45) is 0 Å². The highest BCUT2D eigenvalue weighted by Crippen LogP contribution is 2.24. The molecule has 26 heavy (non-hydrogen) atoms. The maximum Gasteiger partial charge on any atom is 0.264 e. The van der Waals surface area contributed by atoms with E-state index in [0.29, 0.717) is 10.2 Å². The van der Waals surface area contributed by atoms with Crippen LogP contribution in [0.1, 0.15) is 29.3 Å². The molecule has 0 aromatic heterocycles. The fourth-order valence-corrected chi connectivity index (χ4v) is 3.53. The number of hydroxylamine groups is 1. The molecule has 0 heterocycles. The van der Waals surface area contributed by atoms with Crippen LogP contribution >= 0.6 is 11.6 Å². The third kappa shape index (κ3) is 4.62. The van der Waals surface area contributed by atoms with Gasteiger partial charge in [0.15, 0.2) is 0 Å². The summed E-state index contributed by atoms with van der Waals surface area (Å²) in [5.74, 6) is -0.490. The van der Waals surface area contributed by atoms with Crippen molar-refractivity contribution < 1.29 is 18.0 Å². The maximum atomic E-state index is 12.5. The summed E-state index contributed by atoms with van der Waals surface area (Å²) in [4.78, 5) is 17.2. The number of nitrogens with one attached hydrogen (secondary N) is 1. The summed E-state index contributed by atoms with van der Waals surface area (Å²) in [6.07, 6.45) is 2.01. The average Bonchev–Trinajstić information content (AvgIpc) is 2.62. The van der Waals surface area contributed by atoms with Crippen molar-refractivity contribution in [3.63, 3.8) is 0 Å². The predicted octanol–water partition coefficient (Wildman–Crippen LogP) is 3.73. The number of benzene rings is 2. The van der Waals surface area contributed by atoms with Crippen LogP contribution in [0.15, 0.2) is 47.4 Å². The van der Waals surface area contributed by atoms with Crippen molar-refractivity contribution in [3.05, 3.63) is 58.6 Å². The van der Waals surface area contributed by atoms with Gasteiger partial charge in [-0.05, 0) is 42.3 Å². The van der Waals surface area contributed by atoms with E-state index in [9.17, 15) is 13.2 Å². The van der Waals surface area contributed by atoms with Crippen molar-refractivity contribution in [1.29, 1.82) is 0 Å². The number of aryl methyl sites for hydroxylation is 1. The minimum Gasteiger partial charge on any atom is -0.322 e. The average molecular weight is 397 g/mol. The van der Waals surface area contributed by atoms with E-state index in [4.69, 9.17) is 16.4 Å². The first-order valence-corrected chi connectivity index (χ1v) is 9.84. The second-order valence-electron chi connectivity index (χ2n) is 5.64. The summed E-state index contributed by atoms with van der Waals surface area (Å²) in [6.45, 7) is 2.10. The second-order valence-corrected chi connectivity index (χ2v) is 7.98. The molecule has 0 radical (unpaired) electrons. The first-order chi connectivity index (χ1) is 12.3. The van der Waals surface area contributed by atoms with E-state index >= 15 is 0 Å². The number of hydrogen-bond donors (Lipinski definition) is 1. The van der Waals surface area contributed by atoms with Crippen LogP contribution in [0.3, 0.4) is 0 Å². The van der Waals surface area contributed by atoms with Gasteiger partial charge in [0, 0.05) is 12.7 Å². The van der Waals surface area contributed by atoms with Gasteiger partial charge in [-0.1, -0.05) is 41.5 Å². The zero-order chi connectivity index (χ0) is 19.3. The fourth-order valence-electron chi connectivity index (χ4n) is 2.33. The van der Waals surface area contributed by atoms with E-state index in [1.54, 1.807) is 12.1 Å². The van der Waals surface area contributed by atoms with Gasteiger partial charge in [-0.2, -0.15) is 0 Å². The molecule has 140 valence electrons. The smallest absolute Gasteiger partial charge is 0.264 e. The molecule has 2 aromatic rings. The van der Waals surface area contributed by atoms with Crippen molar-refractivity contribution >= 4 is 33.2 Å². The Balaban J connectivity index is 2.27. The van der Waals surface area contributed by atoms with E-state index in [1.807, 2.05) is 12.1 Å². The van der Waals surface area contributed by atoms with Gasteiger partial charge < -0.3 is 5.32 Å². The van der Waals surface area contributed by atoms with Crippen LogP contribution in [-0.2, 0) is 21.3 Å². The molecule has 2 rings (SSSR count). The molecule has 0 aliphatic rings. The van der Waals surface area contributed by atoms with E-state index in [-0.39, 0.29) is 15.5 Å². The van der Waals surface area contributed by atoms with Crippen LogP contribution in [0, 0.1) is 0 Å². The Hall–Kier alpha value is -1.93. The monoisotopic (exact) mass is 396 g/mol. The lowest BCUT2D eigenvalue weighted by molar-refractivity contribution is -0.0258. The van der Waals surface area contributed by atoms with E-state index < -0.39 is 15.9 Å². The molecule has 0 saturated carbocycles. The Morgan fingerprint density at radius 2 is 1.85 bits per heavy atom. The summed E-state index contributed by atoms with van der Waals surface area (Å²) in [7, 11) is -1.37. The molecule has 6 nitrogen and oxygen atoms in total. The van der Waals surface area contributed by atoms with Crippen molar-refractivity contribution in [3.8, 4) is 0 Å². The molecular weight excluding hydrogens is 376 g/mol. The first-order valence-electron chi connectivity index (χ1n) is 8.02. The largest absolute Gasteiger partial charge is 0.322 e. The molecule has 0 atom stereocenters. The van der Waals surface area contributed by atoms with Crippen LogP contribution in [0.2, 0.25) is 5.02 Å². The Morgan fingerprint density at radius 1 is 1.19 bits per heavy atom. The van der Waals surface area contributed by atoms with Gasteiger partial charge in [-0.15, -0.1) is 0 Å². The molecule has 0 unspecified atom stereocenters. The molecule has 0 saturated heterocycles. The summed E-state index contributed by atoms with van der Waals surface area (Å²) in [6, 6.07) is 11.4. The van der Waals surface area contributed by atoms with Gasteiger partial charge in [0.1, 0.15) is 0 Å². The number of carbonyl (C=O) groups excluding carboxylic acids is 1. The van der Waals surface area contributed by atoms with Gasteiger partial charge in [0.2, 0.25) is 0 Å². The standard InChI is InChI=1S/C18H21ClN2O4S/c1-4-5-13-6-8-14(9-7-13)20-18(22)16-12-15(10-11-17(16)19)26(23,24)21(2)25-3/h6-12H,4-5H2,1-3H3,(H,20,22). The summed E-state index contributed by atoms with van der Waals surface area (Å²) >= 11 is 6.09. The highest BCUT2D eigenvalue weighted by molar-refractivity contribution is 7.89. The van der Waals surface area contributed by atoms with E-state index in [1.165, 1.54) is 37.9 Å². The van der Waals surface area contributed by atoms with Crippen LogP contribution in [0.4, 0.5) is 5.69 Å². The topological polar surface area (TPSA) is 75.7 Å². The highest BCUT2D eigenvalue weighted by Gasteiger charge is 2.23. The Bertz CT molecular complexity index is 883. The molecule has 2 aromatic carbocycles. The number of rotatable bonds is 7. The van der Waals surface area contributed by atoms with Gasteiger partial charge in [-0.3, -0.25) is 9.63 Å². The summed E-state index contributed by atoms with van der Waals surface area (Å²) in [5.41, 5.74) is 1.85. The third-order valence-corrected chi connectivity index (χ3v) is 5.83. The molecular formula is C18H21ClN2O4S. The molecule has 8 heteroatoms. The van der Waals surface area contributed by atoms with Crippen LogP contribution in [0.25, 0.3) is 0 Å². The number of sulfonamides is 1. The molecule has 0 fully saturated rings. The number of nitrogens with zero attached hydrogens (tertiary/aromatic N) is 1.